The van der Waals surface area contributed by atoms with Crippen LogP contribution in [0.3, 0.4) is 0 Å². The summed E-state index contributed by atoms with van der Waals surface area (Å²) >= 11 is 7.68. The van der Waals surface area contributed by atoms with Crippen LogP contribution in [0.15, 0.2) is 27.8 Å². The smallest absolute Gasteiger partial charge is 0.287 e. The van der Waals surface area contributed by atoms with Gasteiger partial charge < -0.3 is 5.32 Å². The molecule has 2 aromatic rings. The second-order valence-corrected chi connectivity index (χ2v) is 4.96. The summed E-state index contributed by atoms with van der Waals surface area (Å²) in [7, 11) is 0. The lowest BCUT2D eigenvalue weighted by molar-refractivity contribution is 0.616. The van der Waals surface area contributed by atoms with Crippen molar-refractivity contribution in [3.05, 3.63) is 44.0 Å². The Morgan fingerprint density at radius 3 is 3.06 bits per heavy atom. The van der Waals surface area contributed by atoms with Crippen LogP contribution in [0.1, 0.15) is 12.5 Å². The summed E-state index contributed by atoms with van der Waals surface area (Å²) in [5, 5.41) is 11.5. The highest BCUT2D eigenvalue weighted by atomic mass is 35.5. The first-order valence-electron chi connectivity index (χ1n) is 5.73. The van der Waals surface area contributed by atoms with Crippen molar-refractivity contribution in [2.45, 2.75) is 19.9 Å². The molecule has 0 unspecified atom stereocenters. The average Bonchev–Trinajstić information content (AvgIpc) is 2.88. The Kier molecular flexibility index (Phi) is 4.38. The molecule has 6 heteroatoms. The molecule has 0 amide bonds. The summed E-state index contributed by atoms with van der Waals surface area (Å²) in [4.78, 5) is 11.7. The lowest BCUT2D eigenvalue weighted by atomic mass is 10.2. The first-order valence-corrected chi connectivity index (χ1v) is 7.05. The summed E-state index contributed by atoms with van der Waals surface area (Å²) in [5.41, 5.74) is 1.62. The van der Waals surface area contributed by atoms with Crippen LogP contribution in [0.2, 0.25) is 5.02 Å². The van der Waals surface area contributed by atoms with Gasteiger partial charge in [0, 0.05) is 13.1 Å². The quantitative estimate of drug-likeness (QED) is 0.918. The van der Waals surface area contributed by atoms with Crippen LogP contribution in [0, 0.1) is 0 Å². The molecule has 2 rings (SSSR count). The fourth-order valence-corrected chi connectivity index (χ4v) is 2.51. The third-order valence-corrected chi connectivity index (χ3v) is 3.69. The number of nitrogens with one attached hydrogen (secondary N) is 1. The first kappa shape index (κ1) is 13.1. The zero-order chi connectivity index (χ0) is 13.0. The Labute approximate surface area is 114 Å². The number of aryl methyl sites for hydroxylation is 1. The number of nitrogens with zero attached hydrogens (tertiary/aromatic N) is 2. The van der Waals surface area contributed by atoms with E-state index in [9.17, 15) is 4.79 Å². The second-order valence-electron chi connectivity index (χ2n) is 3.80. The minimum absolute atomic E-state index is 0.206. The van der Waals surface area contributed by atoms with Gasteiger partial charge in [0.1, 0.15) is 5.02 Å². The Bertz CT molecular complexity index is 565. The van der Waals surface area contributed by atoms with Gasteiger partial charge in [-0.3, -0.25) is 4.79 Å². The lowest BCUT2D eigenvalue weighted by Crippen LogP contribution is -2.23. The van der Waals surface area contributed by atoms with Crippen molar-refractivity contribution in [2.75, 3.05) is 11.9 Å². The zero-order valence-electron chi connectivity index (χ0n) is 10.0. The van der Waals surface area contributed by atoms with Gasteiger partial charge in [-0.2, -0.15) is 16.4 Å². The highest BCUT2D eigenvalue weighted by Crippen LogP contribution is 2.15. The highest BCUT2D eigenvalue weighted by molar-refractivity contribution is 7.07. The average molecular weight is 284 g/mol. The maximum Gasteiger partial charge on any atom is 0.287 e. The van der Waals surface area contributed by atoms with Crippen molar-refractivity contribution >= 4 is 28.6 Å². The molecule has 0 bridgehead atoms. The monoisotopic (exact) mass is 283 g/mol. The molecule has 0 spiro atoms. The molecule has 2 aromatic heterocycles. The predicted molar refractivity (Wildman–Crippen MR) is 75.7 cm³/mol. The Hall–Kier alpha value is -1.33. The van der Waals surface area contributed by atoms with Crippen molar-refractivity contribution in [1.29, 1.82) is 0 Å². The summed E-state index contributed by atoms with van der Waals surface area (Å²) in [6.45, 7) is 3.11. The number of rotatable bonds is 5. The molecule has 18 heavy (non-hydrogen) atoms. The van der Waals surface area contributed by atoms with Crippen LogP contribution in [0.25, 0.3) is 0 Å². The lowest BCUT2D eigenvalue weighted by Gasteiger charge is -2.08. The molecule has 0 saturated heterocycles. The van der Waals surface area contributed by atoms with Gasteiger partial charge >= 0.3 is 0 Å². The van der Waals surface area contributed by atoms with Crippen molar-refractivity contribution < 1.29 is 0 Å². The highest BCUT2D eigenvalue weighted by Gasteiger charge is 2.07. The molecule has 1 N–H and O–H groups in total. The van der Waals surface area contributed by atoms with E-state index in [1.54, 1.807) is 17.5 Å². The van der Waals surface area contributed by atoms with Crippen molar-refractivity contribution in [3.63, 3.8) is 0 Å². The molecule has 0 aliphatic rings. The first-order chi connectivity index (χ1) is 8.72. The number of aromatic nitrogens is 2. The van der Waals surface area contributed by atoms with Gasteiger partial charge in [-0.15, -0.1) is 0 Å². The molecule has 0 aliphatic heterocycles. The third kappa shape index (κ3) is 2.91. The van der Waals surface area contributed by atoms with Gasteiger partial charge in [-0.25, -0.2) is 4.68 Å². The van der Waals surface area contributed by atoms with Crippen LogP contribution in [0.4, 0.5) is 5.69 Å². The van der Waals surface area contributed by atoms with E-state index in [4.69, 9.17) is 11.6 Å². The summed E-state index contributed by atoms with van der Waals surface area (Å²) < 4.78 is 1.34. The van der Waals surface area contributed by atoms with E-state index < -0.39 is 0 Å². The van der Waals surface area contributed by atoms with E-state index in [0.29, 0.717) is 12.2 Å². The van der Waals surface area contributed by atoms with Crippen LogP contribution in [0.5, 0.6) is 0 Å². The summed E-state index contributed by atoms with van der Waals surface area (Å²) in [5.74, 6) is 0. The standard InChI is InChI=1S/C12H14ClN3OS/c1-2-16-12(17)11(13)10(7-15-16)14-5-3-9-4-6-18-8-9/h4,6-8,14H,2-3,5H2,1H3. The minimum Gasteiger partial charge on any atom is -0.382 e. The number of hydrogen-bond donors (Lipinski definition) is 1. The van der Waals surface area contributed by atoms with E-state index in [0.717, 1.165) is 13.0 Å². The SMILES string of the molecule is CCn1ncc(NCCc2ccsc2)c(Cl)c1=O. The van der Waals surface area contributed by atoms with E-state index in [2.05, 4.69) is 21.9 Å². The number of thiophene rings is 1. The molecule has 0 atom stereocenters. The minimum atomic E-state index is -0.250. The molecule has 0 aliphatic carbocycles. The van der Waals surface area contributed by atoms with Crippen molar-refractivity contribution in [2.24, 2.45) is 0 Å². The molecular formula is C12H14ClN3OS. The number of hydrogen-bond acceptors (Lipinski definition) is 4. The number of halogens is 1. The molecular weight excluding hydrogens is 270 g/mol. The van der Waals surface area contributed by atoms with Gasteiger partial charge in [-0.05, 0) is 35.7 Å². The molecule has 96 valence electrons. The third-order valence-electron chi connectivity index (χ3n) is 2.59. The predicted octanol–water partition coefficient (Wildman–Crippen LogP) is 2.63. The topological polar surface area (TPSA) is 46.9 Å². The largest absolute Gasteiger partial charge is 0.382 e. The molecule has 0 radical (unpaired) electrons. The van der Waals surface area contributed by atoms with Crippen LogP contribution < -0.4 is 10.9 Å². The Morgan fingerprint density at radius 2 is 2.39 bits per heavy atom. The maximum absolute atomic E-state index is 11.7. The van der Waals surface area contributed by atoms with Crippen LogP contribution in [-0.4, -0.2) is 16.3 Å². The molecule has 0 saturated carbocycles. The Balaban J connectivity index is 2.02. The molecule has 0 aromatic carbocycles. The Morgan fingerprint density at radius 1 is 1.56 bits per heavy atom. The van der Waals surface area contributed by atoms with Gasteiger partial charge in [-0.1, -0.05) is 11.6 Å². The molecule has 0 fully saturated rings. The normalized spacial score (nSPS) is 10.6. The van der Waals surface area contributed by atoms with E-state index in [1.165, 1.54) is 10.2 Å². The fourth-order valence-electron chi connectivity index (χ4n) is 1.59. The van der Waals surface area contributed by atoms with Crippen LogP contribution >= 0.6 is 22.9 Å². The van der Waals surface area contributed by atoms with Gasteiger partial charge in [0.05, 0.1) is 11.9 Å². The molecule has 4 nitrogen and oxygen atoms in total. The van der Waals surface area contributed by atoms with Gasteiger partial charge in [0.25, 0.3) is 5.56 Å². The van der Waals surface area contributed by atoms with Crippen molar-refractivity contribution in [1.82, 2.24) is 9.78 Å². The summed E-state index contributed by atoms with van der Waals surface area (Å²) in [6, 6.07) is 2.08. The van der Waals surface area contributed by atoms with Crippen LogP contribution in [-0.2, 0) is 13.0 Å². The van der Waals surface area contributed by atoms with E-state index in [-0.39, 0.29) is 10.6 Å². The molecule has 2 heterocycles. The van der Waals surface area contributed by atoms with E-state index in [1.807, 2.05) is 12.3 Å². The fraction of sp³-hybridized carbons (Fsp3) is 0.333. The van der Waals surface area contributed by atoms with E-state index >= 15 is 0 Å². The number of anilines is 1. The van der Waals surface area contributed by atoms with Gasteiger partial charge in [0.2, 0.25) is 0 Å². The summed E-state index contributed by atoms with van der Waals surface area (Å²) in [6.07, 6.45) is 2.50. The maximum atomic E-state index is 11.7. The zero-order valence-corrected chi connectivity index (χ0v) is 11.6. The van der Waals surface area contributed by atoms with Crippen molar-refractivity contribution in [3.8, 4) is 0 Å². The van der Waals surface area contributed by atoms with Gasteiger partial charge in [0.15, 0.2) is 0 Å². The second kappa shape index (κ2) is 6.02.